The number of nitrogens with one attached hydrogen (secondary N) is 1. The van der Waals surface area contributed by atoms with E-state index in [2.05, 4.69) is 10.2 Å². The van der Waals surface area contributed by atoms with Gasteiger partial charge in [-0.15, -0.1) is 0 Å². The zero-order valence-corrected chi connectivity index (χ0v) is 23.8. The fourth-order valence-corrected chi connectivity index (χ4v) is 7.97. The van der Waals surface area contributed by atoms with Crippen molar-refractivity contribution in [3.8, 4) is 22.6 Å². The topological polar surface area (TPSA) is 110 Å². The number of aliphatic hydroxyl groups is 1. The summed E-state index contributed by atoms with van der Waals surface area (Å²) in [6.07, 6.45) is 5.30. The number of piperidine rings is 1. The molecule has 1 aliphatic heterocycles. The summed E-state index contributed by atoms with van der Waals surface area (Å²) in [5.41, 5.74) is 2.94. The number of nitrogens with zero attached hydrogens (tertiary/aromatic N) is 1. The molecule has 42 heavy (non-hydrogen) atoms. The van der Waals surface area contributed by atoms with Crippen molar-refractivity contribution in [1.29, 1.82) is 0 Å². The van der Waals surface area contributed by atoms with Crippen LogP contribution in [-0.2, 0) is 23.1 Å². The second-order valence-corrected chi connectivity index (χ2v) is 12.9. The van der Waals surface area contributed by atoms with Crippen molar-refractivity contribution in [2.75, 3.05) is 19.6 Å². The first-order valence-corrected chi connectivity index (χ1v) is 15.3. The Morgan fingerprint density at radius 2 is 1.67 bits per heavy atom. The van der Waals surface area contributed by atoms with Crippen LogP contribution in [-0.4, -0.2) is 63.2 Å². The van der Waals surface area contributed by atoms with Crippen molar-refractivity contribution >= 4 is 11.7 Å². The quantitative estimate of drug-likeness (QED) is 0.335. The third kappa shape index (κ3) is 4.50. The zero-order chi connectivity index (χ0) is 29.1. The summed E-state index contributed by atoms with van der Waals surface area (Å²) in [5, 5.41) is 36.5. The average molecular weight is 567 g/mol. The van der Waals surface area contributed by atoms with Crippen molar-refractivity contribution < 1.29 is 24.9 Å². The molecule has 2 bridgehead atoms. The van der Waals surface area contributed by atoms with E-state index in [0.29, 0.717) is 50.1 Å². The van der Waals surface area contributed by atoms with Crippen molar-refractivity contribution in [2.45, 2.75) is 68.4 Å². The summed E-state index contributed by atoms with van der Waals surface area (Å²) in [7, 11) is 0. The summed E-state index contributed by atoms with van der Waals surface area (Å²) >= 11 is 0. The minimum Gasteiger partial charge on any atom is -0.508 e. The van der Waals surface area contributed by atoms with E-state index >= 15 is 0 Å². The molecule has 218 valence electrons. The lowest BCUT2D eigenvalue weighted by atomic mass is 9.49. The van der Waals surface area contributed by atoms with Gasteiger partial charge in [-0.2, -0.15) is 0 Å². The van der Waals surface area contributed by atoms with E-state index in [9.17, 15) is 24.9 Å². The van der Waals surface area contributed by atoms with Crippen LogP contribution in [0.5, 0.6) is 11.5 Å². The minimum atomic E-state index is -1.10. The van der Waals surface area contributed by atoms with Crippen LogP contribution in [0.2, 0.25) is 0 Å². The highest BCUT2D eigenvalue weighted by atomic mass is 16.3. The molecule has 0 spiro atoms. The van der Waals surface area contributed by atoms with E-state index < -0.39 is 11.0 Å². The van der Waals surface area contributed by atoms with Crippen LogP contribution in [0, 0.1) is 5.92 Å². The monoisotopic (exact) mass is 566 g/mol. The summed E-state index contributed by atoms with van der Waals surface area (Å²) in [4.78, 5) is 28.6. The number of amides is 1. The number of rotatable bonds is 7. The molecule has 2 saturated carbocycles. The van der Waals surface area contributed by atoms with Gasteiger partial charge in [0, 0.05) is 43.0 Å². The number of aromatic hydroxyl groups is 2. The molecule has 4 N–H and O–H groups in total. The van der Waals surface area contributed by atoms with Crippen LogP contribution in [0.15, 0.2) is 60.7 Å². The Kier molecular flexibility index (Phi) is 6.63. The van der Waals surface area contributed by atoms with Gasteiger partial charge in [-0.25, -0.2) is 0 Å². The van der Waals surface area contributed by atoms with E-state index in [-0.39, 0.29) is 41.2 Å². The summed E-state index contributed by atoms with van der Waals surface area (Å²) in [5.74, 6) is 0.617. The number of hydrogen-bond donors (Lipinski definition) is 4. The molecule has 3 fully saturated rings. The maximum absolute atomic E-state index is 13.3. The van der Waals surface area contributed by atoms with Gasteiger partial charge in [0.1, 0.15) is 17.3 Å². The highest BCUT2D eigenvalue weighted by Crippen LogP contribution is 2.60. The van der Waals surface area contributed by atoms with Gasteiger partial charge in [0.25, 0.3) is 5.91 Å². The number of Topliss-reactive ketones (excluding diaryl/α,β-unsaturated/α-hetero) is 1. The summed E-state index contributed by atoms with van der Waals surface area (Å²) in [6.45, 7) is 2.18. The predicted molar refractivity (Wildman–Crippen MR) is 160 cm³/mol. The van der Waals surface area contributed by atoms with Gasteiger partial charge in [-0.05, 0) is 91.4 Å². The number of phenolic OH excluding ortho intramolecular Hbond substituents is 2. The number of benzene rings is 3. The largest absolute Gasteiger partial charge is 0.508 e. The molecule has 7 rings (SSSR count). The van der Waals surface area contributed by atoms with Gasteiger partial charge in [0.2, 0.25) is 0 Å². The van der Waals surface area contributed by atoms with Crippen molar-refractivity contribution in [1.82, 2.24) is 10.2 Å². The molecule has 7 nitrogen and oxygen atoms in total. The number of carbonyl (C=O) groups is 2. The SMILES string of the molecule is O=C1CC[C@@]2(O)[C@H]3Cc4ccc(C(=O)NCCc5ccc(-c6ccc(O)cc6)cc5)c(O)c4[C@@]2(CCN3CC2CC2)C1. The Bertz CT molecular complexity index is 1530. The van der Waals surface area contributed by atoms with Crippen LogP contribution >= 0.6 is 0 Å². The number of carbonyl (C=O) groups excluding carboxylic acids is 2. The smallest absolute Gasteiger partial charge is 0.255 e. The van der Waals surface area contributed by atoms with Gasteiger partial charge in [0.15, 0.2) is 0 Å². The molecule has 1 amide bonds. The molecule has 3 aromatic carbocycles. The second kappa shape index (κ2) is 10.2. The van der Waals surface area contributed by atoms with Gasteiger partial charge in [-0.3, -0.25) is 14.5 Å². The Balaban J connectivity index is 1.09. The highest BCUT2D eigenvalue weighted by molar-refractivity contribution is 5.98. The average Bonchev–Trinajstić information content (AvgIpc) is 3.80. The zero-order valence-electron chi connectivity index (χ0n) is 23.8. The molecule has 0 radical (unpaired) electrons. The molecule has 1 saturated heterocycles. The minimum absolute atomic E-state index is 0.0769. The third-order valence-electron chi connectivity index (χ3n) is 10.4. The first-order valence-electron chi connectivity index (χ1n) is 15.3. The predicted octanol–water partition coefficient (Wildman–Crippen LogP) is 4.50. The normalized spacial score (nSPS) is 26.8. The first kappa shape index (κ1) is 27.2. The maximum atomic E-state index is 13.3. The second-order valence-electron chi connectivity index (χ2n) is 12.9. The fourth-order valence-electron chi connectivity index (χ4n) is 7.97. The Morgan fingerprint density at radius 3 is 2.38 bits per heavy atom. The number of fused-ring (bicyclic) bond motifs is 1. The van der Waals surface area contributed by atoms with Crippen LogP contribution in [0.3, 0.4) is 0 Å². The van der Waals surface area contributed by atoms with Crippen molar-refractivity contribution in [3.63, 3.8) is 0 Å². The maximum Gasteiger partial charge on any atom is 0.255 e. The molecule has 0 aromatic heterocycles. The number of hydrogen-bond acceptors (Lipinski definition) is 6. The molecule has 0 unspecified atom stereocenters. The van der Waals surface area contributed by atoms with E-state index in [1.165, 1.54) is 12.8 Å². The van der Waals surface area contributed by atoms with Gasteiger partial charge in [0.05, 0.1) is 11.2 Å². The fraction of sp³-hybridized carbons (Fsp3) is 0.429. The lowest BCUT2D eigenvalue weighted by Gasteiger charge is -2.63. The van der Waals surface area contributed by atoms with Gasteiger partial charge >= 0.3 is 0 Å². The molecule has 1 heterocycles. The molecule has 3 aliphatic carbocycles. The lowest BCUT2D eigenvalue weighted by Crippen LogP contribution is -2.73. The Labute approximate surface area is 246 Å². The number of likely N-dealkylation sites (tertiary alicyclic amines) is 1. The molecule has 3 atom stereocenters. The van der Waals surface area contributed by atoms with Gasteiger partial charge < -0.3 is 20.6 Å². The summed E-state index contributed by atoms with van der Waals surface area (Å²) in [6, 6.07) is 18.7. The molecule has 3 aromatic rings. The Morgan fingerprint density at radius 1 is 0.952 bits per heavy atom. The van der Waals surface area contributed by atoms with Crippen molar-refractivity contribution in [3.05, 3.63) is 82.9 Å². The van der Waals surface area contributed by atoms with Crippen LogP contribution in [0.25, 0.3) is 11.1 Å². The number of ketones is 1. The van der Waals surface area contributed by atoms with E-state index in [1.54, 1.807) is 18.2 Å². The van der Waals surface area contributed by atoms with E-state index in [4.69, 9.17) is 0 Å². The molecule has 7 heteroatoms. The van der Waals surface area contributed by atoms with E-state index in [1.807, 2.05) is 42.5 Å². The standard InChI is InChI=1S/C35H38N2O5/c38-27-10-7-25(8-11-27)24-5-3-22(4-6-24)14-17-36-33(41)29-12-9-26-19-30-35(42)15-13-28(39)20-34(35,31(26)32(29)40)16-18-37(30)21-23-1-2-23/h3-12,23,30,38,40,42H,1-2,13-21H2,(H,36,41)/t30-,34-,35-/m1/s1. The van der Waals surface area contributed by atoms with E-state index in [0.717, 1.165) is 35.3 Å². The molecular formula is C35H38N2O5. The van der Waals surface area contributed by atoms with Crippen LogP contribution in [0.4, 0.5) is 0 Å². The molecule has 4 aliphatic rings. The number of phenols is 2. The lowest BCUT2D eigenvalue weighted by molar-refractivity contribution is -0.173. The third-order valence-corrected chi connectivity index (χ3v) is 10.4. The van der Waals surface area contributed by atoms with Gasteiger partial charge in [-0.1, -0.05) is 42.5 Å². The van der Waals surface area contributed by atoms with Crippen molar-refractivity contribution in [2.24, 2.45) is 5.92 Å². The van der Waals surface area contributed by atoms with Crippen LogP contribution < -0.4 is 5.32 Å². The first-order chi connectivity index (χ1) is 20.3. The Hall–Kier alpha value is -3.68. The molecular weight excluding hydrogens is 528 g/mol. The highest BCUT2D eigenvalue weighted by Gasteiger charge is 2.65. The summed E-state index contributed by atoms with van der Waals surface area (Å²) < 4.78 is 0. The van der Waals surface area contributed by atoms with Crippen LogP contribution in [0.1, 0.15) is 65.6 Å².